The average molecular weight is 389 g/mol. The van der Waals surface area contributed by atoms with Crippen molar-refractivity contribution in [3.8, 4) is 0 Å². The van der Waals surface area contributed by atoms with Gasteiger partial charge in [0, 0.05) is 5.69 Å². The number of esters is 1. The van der Waals surface area contributed by atoms with Crippen LogP contribution in [-0.2, 0) is 16.0 Å². The summed E-state index contributed by atoms with van der Waals surface area (Å²) in [6.45, 7) is 5.57. The van der Waals surface area contributed by atoms with Gasteiger partial charge in [-0.3, -0.25) is 4.79 Å². The van der Waals surface area contributed by atoms with E-state index in [1.54, 1.807) is 6.92 Å². The first kappa shape index (κ1) is 20.7. The molecular formula is C19H23N3O4S. The number of aryl methyl sites for hydroxylation is 2. The molecule has 1 unspecified atom stereocenters. The van der Waals surface area contributed by atoms with E-state index in [2.05, 4.69) is 22.2 Å². The van der Waals surface area contributed by atoms with Gasteiger partial charge in [0.1, 0.15) is 10.6 Å². The first-order valence-corrected chi connectivity index (χ1v) is 9.54. The quantitative estimate of drug-likeness (QED) is 0.428. The largest absolute Gasteiger partial charge is 0.465 e. The SMILES string of the molecule is CCc1ccc(C(C)NC(=O)CSc2nc(=O)[nH]c(C)c2C(=O)OC)cc1. The predicted molar refractivity (Wildman–Crippen MR) is 104 cm³/mol. The molecule has 0 aliphatic heterocycles. The lowest BCUT2D eigenvalue weighted by Crippen LogP contribution is -2.28. The van der Waals surface area contributed by atoms with Crippen molar-refractivity contribution in [2.75, 3.05) is 12.9 Å². The summed E-state index contributed by atoms with van der Waals surface area (Å²) in [6.07, 6.45) is 0.961. The highest BCUT2D eigenvalue weighted by Crippen LogP contribution is 2.22. The highest BCUT2D eigenvalue weighted by Gasteiger charge is 2.20. The number of aromatic amines is 1. The molecule has 27 heavy (non-hydrogen) atoms. The second-order valence-electron chi connectivity index (χ2n) is 6.01. The van der Waals surface area contributed by atoms with Crippen LogP contribution >= 0.6 is 11.8 Å². The van der Waals surface area contributed by atoms with Crippen molar-refractivity contribution in [3.05, 3.63) is 57.1 Å². The summed E-state index contributed by atoms with van der Waals surface area (Å²) in [4.78, 5) is 42.1. The number of ether oxygens (including phenoxy) is 1. The number of hydrogen-bond acceptors (Lipinski definition) is 6. The molecule has 1 aromatic carbocycles. The van der Waals surface area contributed by atoms with Crippen molar-refractivity contribution < 1.29 is 14.3 Å². The Bertz CT molecular complexity index is 878. The summed E-state index contributed by atoms with van der Waals surface area (Å²) >= 11 is 1.03. The van der Waals surface area contributed by atoms with Crippen LogP contribution in [0.15, 0.2) is 34.1 Å². The summed E-state index contributed by atoms with van der Waals surface area (Å²) in [5.74, 6) is -0.803. The number of H-pyrrole nitrogens is 1. The van der Waals surface area contributed by atoms with Crippen molar-refractivity contribution in [1.29, 1.82) is 0 Å². The molecule has 0 saturated heterocycles. The molecule has 2 N–H and O–H groups in total. The summed E-state index contributed by atoms with van der Waals surface area (Å²) < 4.78 is 4.73. The molecule has 7 nitrogen and oxygen atoms in total. The first-order chi connectivity index (χ1) is 12.8. The molecule has 1 atom stereocenters. The zero-order valence-electron chi connectivity index (χ0n) is 15.8. The minimum atomic E-state index is -0.608. The molecule has 0 aliphatic carbocycles. The zero-order chi connectivity index (χ0) is 20.0. The van der Waals surface area contributed by atoms with Crippen LogP contribution in [0.2, 0.25) is 0 Å². The maximum Gasteiger partial charge on any atom is 0.346 e. The lowest BCUT2D eigenvalue weighted by molar-refractivity contribution is -0.119. The number of rotatable bonds is 7. The number of hydrogen-bond donors (Lipinski definition) is 2. The Balaban J connectivity index is 2.04. The van der Waals surface area contributed by atoms with E-state index in [1.807, 2.05) is 31.2 Å². The third kappa shape index (κ3) is 5.43. The van der Waals surface area contributed by atoms with Gasteiger partial charge in [-0.25, -0.2) is 9.59 Å². The molecule has 0 aliphatic rings. The van der Waals surface area contributed by atoms with Gasteiger partial charge in [0.05, 0.1) is 18.9 Å². The smallest absolute Gasteiger partial charge is 0.346 e. The monoisotopic (exact) mass is 389 g/mol. The Morgan fingerprint density at radius 2 is 1.96 bits per heavy atom. The fourth-order valence-corrected chi connectivity index (χ4v) is 3.43. The van der Waals surface area contributed by atoms with Crippen molar-refractivity contribution in [2.45, 2.75) is 38.3 Å². The third-order valence-electron chi connectivity index (χ3n) is 4.08. The normalized spacial score (nSPS) is 11.7. The molecule has 1 heterocycles. The average Bonchev–Trinajstić information content (AvgIpc) is 2.65. The van der Waals surface area contributed by atoms with E-state index in [4.69, 9.17) is 4.74 Å². The highest BCUT2D eigenvalue weighted by molar-refractivity contribution is 8.00. The topological polar surface area (TPSA) is 101 Å². The van der Waals surface area contributed by atoms with E-state index in [0.717, 1.165) is 23.7 Å². The molecule has 0 spiro atoms. The molecule has 0 bridgehead atoms. The number of nitrogens with zero attached hydrogens (tertiary/aromatic N) is 1. The van der Waals surface area contributed by atoms with Gasteiger partial charge >= 0.3 is 11.7 Å². The van der Waals surface area contributed by atoms with Crippen LogP contribution < -0.4 is 11.0 Å². The number of carbonyl (C=O) groups is 2. The number of thioether (sulfide) groups is 1. The van der Waals surface area contributed by atoms with E-state index in [9.17, 15) is 14.4 Å². The summed E-state index contributed by atoms with van der Waals surface area (Å²) in [5.41, 5.74) is 2.18. The molecule has 2 rings (SSSR count). The number of methoxy groups -OCH3 is 1. The first-order valence-electron chi connectivity index (χ1n) is 8.56. The number of benzene rings is 1. The van der Waals surface area contributed by atoms with Gasteiger partial charge in [0.15, 0.2) is 0 Å². The Hall–Kier alpha value is -2.61. The second kappa shape index (κ2) is 9.36. The molecule has 144 valence electrons. The molecule has 2 aromatic rings. The minimum absolute atomic E-state index is 0.0251. The van der Waals surface area contributed by atoms with Gasteiger partial charge in [0.25, 0.3) is 0 Å². The molecule has 8 heteroatoms. The Morgan fingerprint density at radius 1 is 1.30 bits per heavy atom. The van der Waals surface area contributed by atoms with Crippen LogP contribution in [-0.4, -0.2) is 34.7 Å². The van der Waals surface area contributed by atoms with E-state index in [0.29, 0.717) is 5.69 Å². The number of nitrogens with one attached hydrogen (secondary N) is 2. The van der Waals surface area contributed by atoms with Gasteiger partial charge in [0.2, 0.25) is 5.91 Å². The Kier molecular flexibility index (Phi) is 7.18. The predicted octanol–water partition coefficient (Wildman–Crippen LogP) is 2.40. The van der Waals surface area contributed by atoms with Crippen molar-refractivity contribution >= 4 is 23.6 Å². The van der Waals surface area contributed by atoms with Crippen molar-refractivity contribution in [2.24, 2.45) is 0 Å². The van der Waals surface area contributed by atoms with Crippen LogP contribution in [0.5, 0.6) is 0 Å². The molecule has 0 radical (unpaired) electrons. The van der Waals surface area contributed by atoms with Gasteiger partial charge in [-0.15, -0.1) is 0 Å². The highest BCUT2D eigenvalue weighted by atomic mass is 32.2. The summed E-state index contributed by atoms with van der Waals surface area (Å²) in [5, 5.41) is 3.09. The molecule has 0 saturated carbocycles. The lowest BCUT2D eigenvalue weighted by atomic mass is 10.1. The fourth-order valence-electron chi connectivity index (χ4n) is 2.55. The summed E-state index contributed by atoms with van der Waals surface area (Å²) in [7, 11) is 1.25. The molecular weight excluding hydrogens is 366 g/mol. The van der Waals surface area contributed by atoms with E-state index < -0.39 is 11.7 Å². The maximum absolute atomic E-state index is 12.3. The fraction of sp³-hybridized carbons (Fsp3) is 0.368. The maximum atomic E-state index is 12.3. The van der Waals surface area contributed by atoms with Crippen molar-refractivity contribution in [1.82, 2.24) is 15.3 Å². The van der Waals surface area contributed by atoms with Crippen LogP contribution in [0.25, 0.3) is 0 Å². The van der Waals surface area contributed by atoms with Gasteiger partial charge in [-0.2, -0.15) is 4.98 Å². The van der Waals surface area contributed by atoms with Crippen LogP contribution in [0.3, 0.4) is 0 Å². The zero-order valence-corrected chi connectivity index (χ0v) is 16.6. The van der Waals surface area contributed by atoms with Crippen molar-refractivity contribution in [3.63, 3.8) is 0 Å². The molecule has 0 fully saturated rings. The number of aromatic nitrogens is 2. The number of carbonyl (C=O) groups excluding carboxylic acids is 2. The van der Waals surface area contributed by atoms with Crippen LogP contribution in [0.4, 0.5) is 0 Å². The van der Waals surface area contributed by atoms with Gasteiger partial charge in [-0.1, -0.05) is 43.0 Å². The standard InChI is InChI=1S/C19H23N3O4S/c1-5-13-6-8-14(9-7-13)11(2)20-15(23)10-27-17-16(18(24)26-4)12(3)21-19(25)22-17/h6-9,11H,5,10H2,1-4H3,(H,20,23)(H,21,22,25). The second-order valence-corrected chi connectivity index (χ2v) is 6.98. The van der Waals surface area contributed by atoms with Crippen LogP contribution in [0, 0.1) is 6.92 Å². The minimum Gasteiger partial charge on any atom is -0.465 e. The summed E-state index contributed by atoms with van der Waals surface area (Å²) in [6, 6.07) is 7.91. The molecule has 1 amide bonds. The van der Waals surface area contributed by atoms with Crippen LogP contribution in [0.1, 0.15) is 47.1 Å². The van der Waals surface area contributed by atoms with E-state index in [-0.39, 0.29) is 28.3 Å². The lowest BCUT2D eigenvalue weighted by Gasteiger charge is -2.15. The number of amides is 1. The van der Waals surface area contributed by atoms with Gasteiger partial charge in [-0.05, 0) is 31.4 Å². The Labute approximate surface area is 161 Å². The molecule has 1 aromatic heterocycles. The third-order valence-corrected chi connectivity index (χ3v) is 5.06. The van der Waals surface area contributed by atoms with E-state index >= 15 is 0 Å². The van der Waals surface area contributed by atoms with Gasteiger partial charge < -0.3 is 15.0 Å². The van der Waals surface area contributed by atoms with E-state index in [1.165, 1.54) is 12.7 Å². The Morgan fingerprint density at radius 3 is 2.56 bits per heavy atom.